The zero-order valence-corrected chi connectivity index (χ0v) is 17.5. The van der Waals surface area contributed by atoms with E-state index < -0.39 is 22.0 Å². The summed E-state index contributed by atoms with van der Waals surface area (Å²) >= 11 is 17.8. The number of hydrogen-bond donors (Lipinski definition) is 2. The fourth-order valence-electron chi connectivity index (χ4n) is 2.15. The van der Waals surface area contributed by atoms with Gasteiger partial charge in [-0.05, 0) is 50.2 Å². The number of nitrogens with one attached hydrogen (secondary N) is 2. The van der Waals surface area contributed by atoms with Crippen LogP contribution in [0.2, 0.25) is 15.1 Å². The highest BCUT2D eigenvalue weighted by molar-refractivity contribution is 7.89. The zero-order chi connectivity index (χ0) is 20.2. The quantitative estimate of drug-likeness (QED) is 0.655. The third kappa shape index (κ3) is 5.99. The first-order valence-corrected chi connectivity index (χ1v) is 10.5. The van der Waals surface area contributed by atoms with Crippen LogP contribution in [-0.4, -0.2) is 27.0 Å². The second-order valence-corrected chi connectivity index (χ2v) is 8.51. The Morgan fingerprint density at radius 1 is 1.11 bits per heavy atom. The van der Waals surface area contributed by atoms with Crippen molar-refractivity contribution in [3.05, 3.63) is 51.5 Å². The highest BCUT2D eigenvalue weighted by Crippen LogP contribution is 2.27. The van der Waals surface area contributed by atoms with Crippen molar-refractivity contribution in [3.63, 3.8) is 0 Å². The average molecular weight is 452 g/mol. The second kappa shape index (κ2) is 9.12. The van der Waals surface area contributed by atoms with Gasteiger partial charge in [0, 0.05) is 15.7 Å². The lowest BCUT2D eigenvalue weighted by Gasteiger charge is -2.15. The van der Waals surface area contributed by atoms with E-state index in [4.69, 9.17) is 39.5 Å². The summed E-state index contributed by atoms with van der Waals surface area (Å²) in [6.45, 7) is 3.60. The van der Waals surface area contributed by atoms with E-state index >= 15 is 0 Å². The number of hydrogen-bond acceptors (Lipinski definition) is 4. The van der Waals surface area contributed by atoms with E-state index in [0.29, 0.717) is 28.1 Å². The Morgan fingerprint density at radius 2 is 1.74 bits per heavy atom. The number of benzene rings is 2. The lowest BCUT2D eigenvalue weighted by atomic mass is 10.3. The minimum atomic E-state index is -3.97. The van der Waals surface area contributed by atoms with E-state index in [0.717, 1.165) is 0 Å². The Morgan fingerprint density at radius 3 is 2.30 bits per heavy atom. The summed E-state index contributed by atoms with van der Waals surface area (Å²) in [7, 11) is -3.97. The normalized spacial score (nSPS) is 12.5. The number of carbonyl (C=O) groups is 1. The lowest BCUT2D eigenvalue weighted by Crippen LogP contribution is -2.41. The number of carbonyl (C=O) groups excluding carboxylic acids is 1. The predicted molar refractivity (Wildman–Crippen MR) is 107 cm³/mol. The van der Waals surface area contributed by atoms with Gasteiger partial charge in [-0.15, -0.1) is 0 Å². The largest absolute Gasteiger partial charge is 0.492 e. The van der Waals surface area contributed by atoms with Gasteiger partial charge in [-0.3, -0.25) is 4.79 Å². The monoisotopic (exact) mass is 450 g/mol. The smallest absolute Gasteiger partial charge is 0.242 e. The molecule has 2 rings (SSSR count). The van der Waals surface area contributed by atoms with Crippen LogP contribution >= 0.6 is 34.8 Å². The molecule has 2 N–H and O–H groups in total. The molecule has 146 valence electrons. The van der Waals surface area contributed by atoms with Crippen molar-refractivity contribution >= 4 is 56.4 Å². The Kier molecular flexibility index (Phi) is 7.36. The number of amides is 1. The maximum absolute atomic E-state index is 12.5. The summed E-state index contributed by atoms with van der Waals surface area (Å²) in [5.41, 5.74) is 0.354. The van der Waals surface area contributed by atoms with Crippen molar-refractivity contribution in [3.8, 4) is 5.75 Å². The molecule has 1 amide bonds. The summed E-state index contributed by atoms with van der Waals surface area (Å²) < 4.78 is 32.6. The molecule has 0 radical (unpaired) electrons. The molecule has 0 saturated heterocycles. The van der Waals surface area contributed by atoms with Gasteiger partial charge in [-0.2, -0.15) is 4.72 Å². The third-order valence-corrected chi connectivity index (χ3v) is 5.64. The molecule has 1 atom stereocenters. The first-order chi connectivity index (χ1) is 12.6. The van der Waals surface area contributed by atoms with Gasteiger partial charge in [0.05, 0.1) is 22.6 Å². The van der Waals surface area contributed by atoms with Gasteiger partial charge in [0.25, 0.3) is 0 Å². The molecule has 0 fully saturated rings. The predicted octanol–water partition coefficient (Wildman–Crippen LogP) is 4.35. The fraction of sp³-hybridized carbons (Fsp3) is 0.235. The fourth-order valence-corrected chi connectivity index (χ4v) is 4.21. The van der Waals surface area contributed by atoms with Crippen LogP contribution in [0.1, 0.15) is 13.8 Å². The highest BCUT2D eigenvalue weighted by Gasteiger charge is 2.23. The van der Waals surface area contributed by atoms with Crippen LogP contribution in [0.15, 0.2) is 41.3 Å². The molecule has 2 aromatic carbocycles. The number of rotatable bonds is 7. The van der Waals surface area contributed by atoms with Crippen molar-refractivity contribution in [2.24, 2.45) is 0 Å². The van der Waals surface area contributed by atoms with Crippen LogP contribution < -0.4 is 14.8 Å². The van der Waals surface area contributed by atoms with E-state index in [2.05, 4.69) is 10.0 Å². The van der Waals surface area contributed by atoms with Gasteiger partial charge in [0.15, 0.2) is 0 Å². The molecule has 0 aliphatic carbocycles. The Balaban J connectivity index is 2.12. The number of anilines is 1. The summed E-state index contributed by atoms with van der Waals surface area (Å²) in [6, 6.07) is 7.52. The maximum atomic E-state index is 12.5. The standard InChI is InChI=1S/C17H17Cl3N2O4S/c1-3-26-16-5-4-14(9-15(16)20)27(24,25)22-10(2)17(23)21-13-7-11(18)6-12(19)8-13/h4-10,22H,3H2,1-2H3,(H,21,23)/t10-/m1/s1. The Hall–Kier alpha value is -1.51. The van der Waals surface area contributed by atoms with Crippen LogP contribution in [-0.2, 0) is 14.8 Å². The van der Waals surface area contributed by atoms with E-state index in [-0.39, 0.29) is 9.92 Å². The molecule has 10 heteroatoms. The Labute approximate surface area is 172 Å². The summed E-state index contributed by atoms with van der Waals surface area (Å²) in [6.07, 6.45) is 0. The summed E-state index contributed by atoms with van der Waals surface area (Å²) in [5, 5.41) is 3.40. The van der Waals surface area contributed by atoms with E-state index in [9.17, 15) is 13.2 Å². The average Bonchev–Trinajstić information content (AvgIpc) is 2.55. The molecular weight excluding hydrogens is 435 g/mol. The van der Waals surface area contributed by atoms with Gasteiger partial charge < -0.3 is 10.1 Å². The molecule has 0 saturated carbocycles. The van der Waals surface area contributed by atoms with Crippen LogP contribution in [0.4, 0.5) is 5.69 Å². The van der Waals surface area contributed by atoms with Gasteiger partial charge in [-0.25, -0.2) is 8.42 Å². The lowest BCUT2D eigenvalue weighted by molar-refractivity contribution is -0.117. The van der Waals surface area contributed by atoms with Crippen molar-refractivity contribution in [1.82, 2.24) is 4.72 Å². The second-order valence-electron chi connectivity index (χ2n) is 5.52. The van der Waals surface area contributed by atoms with Crippen molar-refractivity contribution in [1.29, 1.82) is 0 Å². The minimum Gasteiger partial charge on any atom is -0.492 e. The number of halogens is 3. The van der Waals surface area contributed by atoms with E-state index in [1.165, 1.54) is 43.3 Å². The molecule has 0 aromatic heterocycles. The molecule has 0 aliphatic heterocycles. The molecule has 27 heavy (non-hydrogen) atoms. The highest BCUT2D eigenvalue weighted by atomic mass is 35.5. The topological polar surface area (TPSA) is 84.5 Å². The first kappa shape index (κ1) is 21.8. The van der Waals surface area contributed by atoms with E-state index in [1.807, 2.05) is 0 Å². The van der Waals surface area contributed by atoms with Crippen molar-refractivity contribution < 1.29 is 17.9 Å². The van der Waals surface area contributed by atoms with Crippen LogP contribution in [0.25, 0.3) is 0 Å². The molecule has 0 bridgehead atoms. The van der Waals surface area contributed by atoms with Crippen molar-refractivity contribution in [2.45, 2.75) is 24.8 Å². The van der Waals surface area contributed by atoms with E-state index in [1.54, 1.807) is 6.92 Å². The third-order valence-electron chi connectivity index (χ3n) is 3.37. The number of sulfonamides is 1. The summed E-state index contributed by atoms with van der Waals surface area (Å²) in [4.78, 5) is 12.2. The molecule has 6 nitrogen and oxygen atoms in total. The van der Waals surface area contributed by atoms with Gasteiger partial charge in [0.1, 0.15) is 5.75 Å². The van der Waals surface area contributed by atoms with Gasteiger partial charge >= 0.3 is 0 Å². The zero-order valence-electron chi connectivity index (χ0n) is 14.4. The summed E-state index contributed by atoms with van der Waals surface area (Å²) in [5.74, 6) is -0.198. The van der Waals surface area contributed by atoms with Crippen molar-refractivity contribution in [2.75, 3.05) is 11.9 Å². The van der Waals surface area contributed by atoms with Crippen LogP contribution in [0, 0.1) is 0 Å². The molecule has 0 spiro atoms. The Bertz CT molecular complexity index is 931. The molecule has 0 heterocycles. The van der Waals surface area contributed by atoms with Gasteiger partial charge in [0.2, 0.25) is 15.9 Å². The molecular formula is C17H17Cl3N2O4S. The maximum Gasteiger partial charge on any atom is 0.242 e. The molecule has 0 unspecified atom stereocenters. The number of ether oxygens (including phenoxy) is 1. The molecule has 2 aromatic rings. The van der Waals surface area contributed by atoms with Crippen LogP contribution in [0.3, 0.4) is 0 Å². The minimum absolute atomic E-state index is 0.0820. The SMILES string of the molecule is CCOc1ccc(S(=O)(=O)N[C@H](C)C(=O)Nc2cc(Cl)cc(Cl)c2)cc1Cl. The molecule has 0 aliphatic rings. The van der Waals surface area contributed by atoms with Gasteiger partial charge in [-0.1, -0.05) is 34.8 Å². The van der Waals surface area contributed by atoms with Crippen LogP contribution in [0.5, 0.6) is 5.75 Å². The first-order valence-electron chi connectivity index (χ1n) is 7.84.